The predicted octanol–water partition coefficient (Wildman–Crippen LogP) is 6.30. The largest absolute Gasteiger partial charge is 0.493 e. The molecule has 0 unspecified atom stereocenters. The molecule has 0 fully saturated rings. The van der Waals surface area contributed by atoms with Crippen LogP contribution in [0.4, 0.5) is 0 Å². The van der Waals surface area contributed by atoms with Gasteiger partial charge in [-0.15, -0.1) is 0 Å². The number of hydrogen-bond acceptors (Lipinski definition) is 9. The normalized spacial score (nSPS) is 10.6. The number of nitrogens with zero attached hydrogens (tertiary/aromatic N) is 1. The Bertz CT molecular complexity index is 1650. The first-order valence-electron chi connectivity index (χ1n) is 13.9. The number of methoxy groups -OCH3 is 4. The van der Waals surface area contributed by atoms with Crippen LogP contribution in [0, 0.1) is 0 Å². The molecule has 1 aromatic heterocycles. The van der Waals surface area contributed by atoms with Gasteiger partial charge in [0.2, 0.25) is 0 Å². The van der Waals surface area contributed by atoms with Gasteiger partial charge < -0.3 is 33.4 Å². The second-order valence-electron chi connectivity index (χ2n) is 9.76. The Hall–Kier alpha value is -5.77. The molecule has 0 saturated carbocycles. The van der Waals surface area contributed by atoms with Crippen LogP contribution in [-0.4, -0.2) is 63.2 Å². The zero-order chi connectivity index (χ0) is 31.8. The summed E-state index contributed by atoms with van der Waals surface area (Å²) in [6, 6.07) is 24.7. The van der Waals surface area contributed by atoms with E-state index in [1.807, 2.05) is 24.3 Å². The van der Waals surface area contributed by atoms with Crippen LogP contribution in [-0.2, 0) is 0 Å². The molecule has 5 rings (SSSR count). The Labute approximate surface area is 260 Å². The smallest absolute Gasteiger partial charge is 0.200 e. The number of aromatic amines is 1. The fraction of sp³-hybridized carbons (Fsp3) is 0.171. The van der Waals surface area contributed by atoms with Crippen molar-refractivity contribution in [1.29, 1.82) is 0 Å². The average molecular weight is 609 g/mol. The van der Waals surface area contributed by atoms with Crippen molar-refractivity contribution >= 4 is 11.6 Å². The quantitative estimate of drug-likeness (QED) is 0.145. The molecule has 1 heterocycles. The second kappa shape index (κ2) is 14.1. The number of nitrogens with one attached hydrogen (secondary N) is 1. The fourth-order valence-electron chi connectivity index (χ4n) is 4.54. The van der Waals surface area contributed by atoms with Gasteiger partial charge >= 0.3 is 0 Å². The number of hydrogen-bond donors (Lipinski definition) is 1. The molecule has 0 atom stereocenters. The van der Waals surface area contributed by atoms with Crippen LogP contribution in [0.2, 0.25) is 0 Å². The molecule has 45 heavy (non-hydrogen) atoms. The second-order valence-corrected chi connectivity index (χ2v) is 9.76. The maximum atomic E-state index is 12.6. The van der Waals surface area contributed by atoms with E-state index in [0.29, 0.717) is 51.4 Å². The van der Waals surface area contributed by atoms with Crippen LogP contribution < -0.4 is 28.4 Å². The van der Waals surface area contributed by atoms with Gasteiger partial charge in [-0.3, -0.25) is 9.59 Å². The van der Waals surface area contributed by atoms with E-state index in [0.717, 1.165) is 16.8 Å². The summed E-state index contributed by atoms with van der Waals surface area (Å²) in [6.45, 7) is -0.239. The summed E-state index contributed by atoms with van der Waals surface area (Å²) in [5.74, 6) is 3.49. The van der Waals surface area contributed by atoms with E-state index in [9.17, 15) is 9.59 Å². The fourth-order valence-corrected chi connectivity index (χ4v) is 4.54. The minimum Gasteiger partial charge on any atom is -0.493 e. The van der Waals surface area contributed by atoms with Crippen molar-refractivity contribution in [2.45, 2.75) is 0 Å². The molecule has 0 radical (unpaired) electrons. The Morgan fingerprint density at radius 3 is 1.47 bits per heavy atom. The maximum absolute atomic E-state index is 12.6. The Morgan fingerprint density at radius 2 is 1.02 bits per heavy atom. The lowest BCUT2D eigenvalue weighted by Crippen LogP contribution is -2.11. The van der Waals surface area contributed by atoms with Crippen molar-refractivity contribution in [3.63, 3.8) is 0 Å². The van der Waals surface area contributed by atoms with Gasteiger partial charge in [-0.05, 0) is 90.5 Å². The van der Waals surface area contributed by atoms with Crippen molar-refractivity contribution in [1.82, 2.24) is 9.97 Å². The minimum atomic E-state index is -0.184. The maximum Gasteiger partial charge on any atom is 0.200 e. The van der Waals surface area contributed by atoms with Crippen molar-refractivity contribution in [2.75, 3.05) is 41.7 Å². The molecule has 0 aliphatic carbocycles. The summed E-state index contributed by atoms with van der Waals surface area (Å²) in [5, 5.41) is 0. The molecule has 1 N–H and O–H groups in total. The number of ether oxygens (including phenoxy) is 6. The first kappa shape index (κ1) is 30.7. The van der Waals surface area contributed by atoms with Gasteiger partial charge in [-0.25, -0.2) is 4.98 Å². The third-order valence-electron chi connectivity index (χ3n) is 7.02. The highest BCUT2D eigenvalue weighted by molar-refractivity contribution is 5.98. The highest BCUT2D eigenvalue weighted by Gasteiger charge is 2.14. The van der Waals surface area contributed by atoms with E-state index in [1.165, 1.54) is 14.2 Å². The monoisotopic (exact) mass is 608 g/mol. The zero-order valence-corrected chi connectivity index (χ0v) is 25.3. The summed E-state index contributed by atoms with van der Waals surface area (Å²) in [5.41, 5.74) is 3.51. The number of aromatic nitrogens is 2. The van der Waals surface area contributed by atoms with E-state index in [4.69, 9.17) is 28.4 Å². The van der Waals surface area contributed by atoms with E-state index in [1.54, 1.807) is 81.1 Å². The SMILES string of the molecule is COc1ccc(C(=O)COc2ccc(-c3cnc(-c4ccc(OCC(=O)c5ccc(OC)c(OC)c5)cc4)[nH]3)cc2)cc1OC. The summed E-state index contributed by atoms with van der Waals surface area (Å²) in [4.78, 5) is 33.1. The van der Waals surface area contributed by atoms with E-state index in [2.05, 4.69) is 9.97 Å². The van der Waals surface area contributed by atoms with Gasteiger partial charge in [0.15, 0.2) is 47.8 Å². The molecule has 4 aromatic carbocycles. The summed E-state index contributed by atoms with van der Waals surface area (Å²) >= 11 is 0. The molecule has 5 aromatic rings. The lowest BCUT2D eigenvalue weighted by Gasteiger charge is -2.10. The van der Waals surface area contributed by atoms with Crippen LogP contribution >= 0.6 is 0 Å². The van der Waals surface area contributed by atoms with Crippen LogP contribution in [0.3, 0.4) is 0 Å². The Kier molecular flexibility index (Phi) is 9.64. The van der Waals surface area contributed by atoms with Gasteiger partial charge in [-0.2, -0.15) is 0 Å². The molecule has 10 heteroatoms. The van der Waals surface area contributed by atoms with Gasteiger partial charge in [-0.1, -0.05) is 0 Å². The number of carbonyl (C=O) groups excluding carboxylic acids is 2. The van der Waals surface area contributed by atoms with Crippen molar-refractivity contribution in [3.05, 3.63) is 102 Å². The third-order valence-corrected chi connectivity index (χ3v) is 7.02. The minimum absolute atomic E-state index is 0.118. The highest BCUT2D eigenvalue weighted by atomic mass is 16.5. The van der Waals surface area contributed by atoms with Crippen LogP contribution in [0.15, 0.2) is 91.1 Å². The Balaban J connectivity index is 1.15. The van der Waals surface area contributed by atoms with E-state index in [-0.39, 0.29) is 24.8 Å². The third kappa shape index (κ3) is 7.24. The zero-order valence-electron chi connectivity index (χ0n) is 25.3. The van der Waals surface area contributed by atoms with Crippen LogP contribution in [0.25, 0.3) is 22.6 Å². The van der Waals surface area contributed by atoms with Gasteiger partial charge in [0.25, 0.3) is 0 Å². The molecule has 0 amide bonds. The first-order valence-corrected chi connectivity index (χ1v) is 13.9. The molecule has 0 bridgehead atoms. The number of rotatable bonds is 14. The number of carbonyl (C=O) groups is 2. The lowest BCUT2D eigenvalue weighted by molar-refractivity contribution is 0.0914. The molecule has 10 nitrogen and oxygen atoms in total. The molecule has 230 valence electrons. The van der Waals surface area contributed by atoms with Gasteiger partial charge in [0.1, 0.15) is 17.3 Å². The van der Waals surface area contributed by atoms with Crippen LogP contribution in [0.1, 0.15) is 20.7 Å². The molecule has 0 aliphatic heterocycles. The molecular formula is C35H32N2O8. The standard InChI is InChI=1S/C35H32N2O8/c1-40-31-15-9-24(17-33(31)42-3)29(38)20-44-26-11-5-22(6-12-26)28-19-36-35(37-28)23-7-13-27(14-8-23)45-21-30(39)25-10-16-32(41-2)34(18-25)43-4/h5-19H,20-21H2,1-4H3,(H,36,37). The molecule has 0 saturated heterocycles. The van der Waals surface area contributed by atoms with Crippen molar-refractivity contribution < 1.29 is 38.0 Å². The average Bonchev–Trinajstić information content (AvgIpc) is 3.59. The summed E-state index contributed by atoms with van der Waals surface area (Å²) < 4.78 is 32.4. The number of ketones is 2. The van der Waals surface area contributed by atoms with E-state index >= 15 is 0 Å². The highest BCUT2D eigenvalue weighted by Crippen LogP contribution is 2.30. The molecule has 0 aliphatic rings. The number of benzene rings is 4. The summed E-state index contributed by atoms with van der Waals surface area (Å²) in [6.07, 6.45) is 1.75. The van der Waals surface area contributed by atoms with Crippen molar-refractivity contribution in [3.8, 4) is 57.1 Å². The van der Waals surface area contributed by atoms with E-state index < -0.39 is 0 Å². The van der Waals surface area contributed by atoms with Crippen molar-refractivity contribution in [2.24, 2.45) is 0 Å². The number of imidazole rings is 1. The van der Waals surface area contributed by atoms with Gasteiger partial charge in [0.05, 0.1) is 40.3 Å². The first-order chi connectivity index (χ1) is 21.9. The van der Waals surface area contributed by atoms with Crippen LogP contribution in [0.5, 0.6) is 34.5 Å². The topological polar surface area (TPSA) is 118 Å². The van der Waals surface area contributed by atoms with Gasteiger partial charge in [0, 0.05) is 16.7 Å². The number of H-pyrrole nitrogens is 1. The number of Topliss-reactive ketones (excluding diaryl/α,β-unsaturated/α-hetero) is 2. The Morgan fingerprint density at radius 1 is 0.578 bits per heavy atom. The molecule has 0 spiro atoms. The lowest BCUT2D eigenvalue weighted by atomic mass is 10.1. The summed E-state index contributed by atoms with van der Waals surface area (Å²) in [7, 11) is 6.12. The predicted molar refractivity (Wildman–Crippen MR) is 168 cm³/mol. The molecular weight excluding hydrogens is 576 g/mol.